The summed E-state index contributed by atoms with van der Waals surface area (Å²) < 4.78 is 10.5. The molecule has 0 spiro atoms. The highest BCUT2D eigenvalue weighted by Gasteiger charge is 2.34. The lowest BCUT2D eigenvalue weighted by Crippen LogP contribution is -2.60. The van der Waals surface area contributed by atoms with Crippen LogP contribution in [-0.4, -0.2) is 59.5 Å². The number of esters is 2. The molecule has 0 aliphatic carbocycles. The number of aryl methyl sites for hydroxylation is 1. The number of carbonyl (C=O) groups excluding carboxylic acids is 4. The molecule has 38 heavy (non-hydrogen) atoms. The van der Waals surface area contributed by atoms with Gasteiger partial charge in [-0.15, -0.1) is 0 Å². The van der Waals surface area contributed by atoms with Crippen molar-refractivity contribution in [2.24, 2.45) is 0 Å². The highest BCUT2D eigenvalue weighted by atomic mass is 32.1. The average molecular weight is 540 g/mol. The first-order chi connectivity index (χ1) is 18.4. The van der Waals surface area contributed by atoms with Crippen LogP contribution in [0, 0.1) is 0 Å². The number of ether oxygens (including phenoxy) is 2. The minimum Gasteiger partial charge on any atom is -0.466 e. The number of nitrogens with one attached hydrogen (secondary N) is 2. The van der Waals surface area contributed by atoms with Crippen LogP contribution in [0.2, 0.25) is 0 Å². The fourth-order valence-electron chi connectivity index (χ4n) is 3.94. The summed E-state index contributed by atoms with van der Waals surface area (Å²) in [5, 5.41) is 5.39. The molecule has 0 aromatic heterocycles. The minimum absolute atomic E-state index is 0.0641. The van der Waals surface area contributed by atoms with Crippen molar-refractivity contribution < 1.29 is 28.7 Å². The maximum atomic E-state index is 12.5. The van der Waals surface area contributed by atoms with Gasteiger partial charge >= 0.3 is 11.9 Å². The van der Waals surface area contributed by atoms with Gasteiger partial charge in [0.1, 0.15) is 12.6 Å². The molecule has 9 nitrogen and oxygen atoms in total. The van der Waals surface area contributed by atoms with Gasteiger partial charge in [-0.25, -0.2) is 0 Å². The van der Waals surface area contributed by atoms with Gasteiger partial charge in [0, 0.05) is 25.9 Å². The summed E-state index contributed by atoms with van der Waals surface area (Å²) in [4.78, 5) is 50.7. The number of hydrogen-bond donors (Lipinski definition) is 2. The standard InChI is InChI=1S/C28H33N3O6S/c32-24(14-7-15-25(33)36-18-8-13-21-9-3-1-4-10-21)30-28(38)31-17-16-29-27(35)23(31)19-26(34)37-20-22-11-5-2-6-12-22/h1-6,9-12,23H,7-8,13-20H2,(H,29,35)(H,30,32,38). The van der Waals surface area contributed by atoms with Crippen LogP contribution in [0.15, 0.2) is 60.7 Å². The van der Waals surface area contributed by atoms with Crippen LogP contribution < -0.4 is 10.6 Å². The molecule has 2 aromatic rings. The van der Waals surface area contributed by atoms with Crippen molar-refractivity contribution >= 4 is 41.1 Å². The molecule has 2 amide bonds. The lowest BCUT2D eigenvalue weighted by Gasteiger charge is -2.36. The number of piperazine rings is 1. The van der Waals surface area contributed by atoms with Crippen LogP contribution in [0.4, 0.5) is 0 Å². The third-order valence-corrected chi connectivity index (χ3v) is 6.28. The Hall–Kier alpha value is -3.79. The fraction of sp³-hybridized carbons (Fsp3) is 0.393. The smallest absolute Gasteiger partial charge is 0.308 e. The van der Waals surface area contributed by atoms with Crippen molar-refractivity contribution in [1.29, 1.82) is 0 Å². The number of carbonyl (C=O) groups is 4. The van der Waals surface area contributed by atoms with Gasteiger partial charge in [-0.3, -0.25) is 19.2 Å². The van der Waals surface area contributed by atoms with E-state index in [1.54, 1.807) is 0 Å². The Morgan fingerprint density at radius 3 is 2.32 bits per heavy atom. The lowest BCUT2D eigenvalue weighted by molar-refractivity contribution is -0.148. The van der Waals surface area contributed by atoms with E-state index in [2.05, 4.69) is 10.6 Å². The molecule has 0 saturated carbocycles. The molecule has 1 unspecified atom stereocenters. The summed E-state index contributed by atoms with van der Waals surface area (Å²) in [6, 6.07) is 18.3. The second-order valence-corrected chi connectivity index (χ2v) is 9.25. The van der Waals surface area contributed by atoms with E-state index in [1.807, 2.05) is 60.7 Å². The highest BCUT2D eigenvalue weighted by Crippen LogP contribution is 2.12. The second-order valence-electron chi connectivity index (χ2n) is 8.87. The predicted molar refractivity (Wildman–Crippen MR) is 145 cm³/mol. The Kier molecular flexibility index (Phi) is 11.7. The highest BCUT2D eigenvalue weighted by molar-refractivity contribution is 7.80. The largest absolute Gasteiger partial charge is 0.466 e. The van der Waals surface area contributed by atoms with Crippen molar-refractivity contribution in [2.45, 2.75) is 51.2 Å². The first-order valence-electron chi connectivity index (χ1n) is 12.7. The van der Waals surface area contributed by atoms with Gasteiger partial charge in [0.15, 0.2) is 5.11 Å². The van der Waals surface area contributed by atoms with E-state index in [9.17, 15) is 19.2 Å². The summed E-state index contributed by atoms with van der Waals surface area (Å²) in [5.41, 5.74) is 2.03. The Balaban J connectivity index is 1.35. The van der Waals surface area contributed by atoms with E-state index >= 15 is 0 Å². The zero-order valence-corrected chi connectivity index (χ0v) is 22.0. The van der Waals surface area contributed by atoms with Gasteiger partial charge in [0.2, 0.25) is 11.8 Å². The topological polar surface area (TPSA) is 114 Å². The molecule has 0 bridgehead atoms. The summed E-state index contributed by atoms with van der Waals surface area (Å²) in [5.74, 6) is -1.63. The van der Waals surface area contributed by atoms with Crippen molar-refractivity contribution in [2.75, 3.05) is 19.7 Å². The van der Waals surface area contributed by atoms with Crippen molar-refractivity contribution in [3.05, 3.63) is 71.8 Å². The molecule has 0 radical (unpaired) electrons. The SMILES string of the molecule is O=C(CCCC(=O)OCCCc1ccccc1)NC(=S)N1CCNC(=O)C1CC(=O)OCc1ccccc1. The van der Waals surface area contributed by atoms with E-state index in [-0.39, 0.29) is 48.8 Å². The Labute approximate surface area is 227 Å². The molecule has 1 aliphatic rings. The summed E-state index contributed by atoms with van der Waals surface area (Å²) in [7, 11) is 0. The number of hydrogen-bond acceptors (Lipinski definition) is 7. The number of benzene rings is 2. The van der Waals surface area contributed by atoms with E-state index < -0.39 is 12.0 Å². The number of amides is 2. The zero-order valence-electron chi connectivity index (χ0n) is 21.2. The maximum Gasteiger partial charge on any atom is 0.308 e. The molecule has 1 fully saturated rings. The van der Waals surface area contributed by atoms with Gasteiger partial charge < -0.3 is 25.0 Å². The van der Waals surface area contributed by atoms with Crippen molar-refractivity contribution in [1.82, 2.24) is 15.5 Å². The van der Waals surface area contributed by atoms with Crippen LogP contribution in [0.25, 0.3) is 0 Å². The molecule has 3 rings (SSSR count). The number of thiocarbonyl (C=S) groups is 1. The minimum atomic E-state index is -0.884. The molecule has 2 aromatic carbocycles. The normalized spacial score (nSPS) is 14.8. The Morgan fingerprint density at radius 1 is 0.921 bits per heavy atom. The second kappa shape index (κ2) is 15.5. The van der Waals surface area contributed by atoms with E-state index in [4.69, 9.17) is 21.7 Å². The molecule has 1 atom stereocenters. The van der Waals surface area contributed by atoms with Crippen LogP contribution >= 0.6 is 12.2 Å². The molecular weight excluding hydrogens is 506 g/mol. The maximum absolute atomic E-state index is 12.5. The molecule has 2 N–H and O–H groups in total. The zero-order chi connectivity index (χ0) is 27.2. The van der Waals surface area contributed by atoms with Gasteiger partial charge in [-0.2, -0.15) is 0 Å². The van der Waals surface area contributed by atoms with E-state index in [0.717, 1.165) is 18.4 Å². The summed E-state index contributed by atoms with van der Waals surface area (Å²) in [6.45, 7) is 1.11. The van der Waals surface area contributed by atoms with Crippen LogP contribution in [0.3, 0.4) is 0 Å². The third-order valence-electron chi connectivity index (χ3n) is 5.94. The fourth-order valence-corrected chi connectivity index (χ4v) is 4.27. The molecule has 202 valence electrons. The number of rotatable bonds is 12. The van der Waals surface area contributed by atoms with Crippen LogP contribution in [-0.2, 0) is 41.7 Å². The Morgan fingerprint density at radius 2 is 1.61 bits per heavy atom. The van der Waals surface area contributed by atoms with E-state index in [0.29, 0.717) is 26.1 Å². The molecular formula is C28H33N3O6S. The summed E-state index contributed by atoms with van der Waals surface area (Å²) in [6.07, 6.45) is 1.85. The van der Waals surface area contributed by atoms with Gasteiger partial charge in [0.25, 0.3) is 0 Å². The van der Waals surface area contributed by atoms with Gasteiger partial charge in [-0.05, 0) is 42.6 Å². The first-order valence-corrected chi connectivity index (χ1v) is 13.1. The first kappa shape index (κ1) is 28.8. The lowest BCUT2D eigenvalue weighted by atomic mass is 10.1. The van der Waals surface area contributed by atoms with Crippen LogP contribution in [0.1, 0.15) is 43.2 Å². The third kappa shape index (κ3) is 9.93. The van der Waals surface area contributed by atoms with E-state index in [1.165, 1.54) is 10.5 Å². The quantitative estimate of drug-likeness (QED) is 0.240. The summed E-state index contributed by atoms with van der Waals surface area (Å²) >= 11 is 5.36. The number of nitrogens with zero attached hydrogens (tertiary/aromatic N) is 1. The Bertz CT molecular complexity index is 1100. The predicted octanol–water partition coefficient (Wildman–Crippen LogP) is 2.67. The molecule has 1 saturated heterocycles. The van der Waals surface area contributed by atoms with Crippen molar-refractivity contribution in [3.8, 4) is 0 Å². The van der Waals surface area contributed by atoms with Gasteiger partial charge in [-0.1, -0.05) is 60.7 Å². The molecule has 1 aliphatic heterocycles. The molecule has 10 heteroatoms. The monoisotopic (exact) mass is 539 g/mol. The van der Waals surface area contributed by atoms with Gasteiger partial charge in [0.05, 0.1) is 13.0 Å². The van der Waals surface area contributed by atoms with Crippen LogP contribution in [0.5, 0.6) is 0 Å². The average Bonchev–Trinajstić information content (AvgIpc) is 2.92. The van der Waals surface area contributed by atoms with Crippen molar-refractivity contribution in [3.63, 3.8) is 0 Å². The molecule has 1 heterocycles.